The van der Waals surface area contributed by atoms with Crippen LogP contribution in [-0.4, -0.2) is 44.0 Å². The largest absolute Gasteiger partial charge is 0.462 e. The number of hydrogen-bond donors (Lipinski definition) is 0. The van der Waals surface area contributed by atoms with Crippen LogP contribution in [-0.2, 0) is 23.7 Å². The van der Waals surface area contributed by atoms with Crippen molar-refractivity contribution in [3.8, 4) is 0 Å². The number of halogens is 5. The van der Waals surface area contributed by atoms with Crippen molar-refractivity contribution in [2.45, 2.75) is 24.8 Å². The quantitative estimate of drug-likeness (QED) is 0.141. The average molecular weight is 397 g/mol. The first-order valence-electron chi connectivity index (χ1n) is 6.13. The van der Waals surface area contributed by atoms with Crippen LogP contribution in [0, 0.1) is 5.92 Å². The second-order valence-corrected chi connectivity index (χ2v) is 5.35. The first kappa shape index (κ1) is 21.1. The van der Waals surface area contributed by atoms with Crippen LogP contribution in [0.2, 0.25) is 0 Å². The number of carbonyl (C=O) groups is 1. The summed E-state index contributed by atoms with van der Waals surface area (Å²) in [5.74, 6) is -3.75. The molecule has 0 heterocycles. The molecule has 0 aromatic heterocycles. The third-order valence-electron chi connectivity index (χ3n) is 2.25. The van der Waals surface area contributed by atoms with E-state index in [4.69, 9.17) is 9.47 Å². The predicted octanol–water partition coefficient (Wildman–Crippen LogP) is 3.29. The van der Waals surface area contributed by atoms with Gasteiger partial charge >= 0.3 is 16.9 Å². The van der Waals surface area contributed by atoms with Crippen LogP contribution in [0.1, 0.15) is 13.8 Å². The molecule has 0 aliphatic carbocycles. The summed E-state index contributed by atoms with van der Waals surface area (Å²) in [6.07, 6.45) is -3.97. The number of hydrogen-bond acceptors (Lipinski definition) is 5. The Hall–Kier alpha value is -0.870. The van der Waals surface area contributed by atoms with Gasteiger partial charge in [0, 0.05) is 23.0 Å². The molecule has 130 valence electrons. The summed E-state index contributed by atoms with van der Waals surface area (Å²) in [6, 6.07) is 0. The van der Waals surface area contributed by atoms with Gasteiger partial charge in [-0.05, 0) is 5.92 Å². The molecule has 0 aromatic rings. The smallest absolute Gasteiger partial charge is 0.396 e. The summed E-state index contributed by atoms with van der Waals surface area (Å²) < 4.78 is 70.0. The summed E-state index contributed by atoms with van der Waals surface area (Å²) >= 11 is 1.80. The lowest BCUT2D eigenvalue weighted by Crippen LogP contribution is -2.34. The number of esters is 1. The van der Waals surface area contributed by atoms with E-state index in [1.165, 1.54) is 21.0 Å². The maximum Gasteiger partial charge on any atom is 0.396 e. The molecular formula is C12H17BrF4O5. The van der Waals surface area contributed by atoms with Gasteiger partial charge in [-0.2, -0.15) is 17.6 Å². The lowest BCUT2D eigenvalue weighted by Gasteiger charge is -2.24. The minimum atomic E-state index is -3.98. The normalized spacial score (nSPS) is 13.0. The number of methoxy groups -OCH3 is 1. The molecule has 0 rings (SSSR count). The zero-order chi connectivity index (χ0) is 17.3. The van der Waals surface area contributed by atoms with Crippen LogP contribution in [0.4, 0.5) is 17.6 Å². The summed E-state index contributed by atoms with van der Waals surface area (Å²) in [5.41, 5.74) is 0. The minimum absolute atomic E-state index is 0.0866. The molecule has 0 radical (unpaired) electrons. The fourth-order valence-electron chi connectivity index (χ4n) is 1.23. The molecule has 0 spiro atoms. The van der Waals surface area contributed by atoms with Gasteiger partial charge in [0.1, 0.15) is 0 Å². The van der Waals surface area contributed by atoms with Crippen LogP contribution in [0.25, 0.3) is 0 Å². The van der Waals surface area contributed by atoms with Crippen molar-refractivity contribution in [1.29, 1.82) is 0 Å². The fraction of sp³-hybridized carbons (Fsp3) is 0.750. The van der Waals surface area contributed by atoms with Gasteiger partial charge in [-0.15, -0.1) is 0 Å². The van der Waals surface area contributed by atoms with E-state index in [9.17, 15) is 22.4 Å². The SMILES string of the molecule is COCCOCOC(=C(F)F)C(OC(=O)C(F)(F)Br)C(C)C. The lowest BCUT2D eigenvalue weighted by molar-refractivity contribution is -0.169. The third kappa shape index (κ3) is 7.95. The molecule has 0 aromatic carbocycles. The average Bonchev–Trinajstić information content (AvgIpc) is 2.38. The summed E-state index contributed by atoms with van der Waals surface area (Å²) in [4.78, 5) is 7.15. The van der Waals surface area contributed by atoms with Crippen molar-refractivity contribution < 1.29 is 41.3 Å². The molecule has 0 N–H and O–H groups in total. The van der Waals surface area contributed by atoms with Gasteiger partial charge in [0.05, 0.1) is 13.2 Å². The summed E-state index contributed by atoms with van der Waals surface area (Å²) in [5, 5.41) is 0. The minimum Gasteiger partial charge on any atom is -0.462 e. The Morgan fingerprint density at radius 2 is 1.82 bits per heavy atom. The van der Waals surface area contributed by atoms with Crippen LogP contribution in [0.15, 0.2) is 11.8 Å². The van der Waals surface area contributed by atoms with Crippen molar-refractivity contribution in [3.63, 3.8) is 0 Å². The summed E-state index contributed by atoms with van der Waals surface area (Å²) in [7, 11) is 1.42. The fourth-order valence-corrected chi connectivity index (χ4v) is 1.32. The van der Waals surface area contributed by atoms with Crippen LogP contribution in [0.3, 0.4) is 0 Å². The van der Waals surface area contributed by atoms with E-state index in [1.54, 1.807) is 15.9 Å². The summed E-state index contributed by atoms with van der Waals surface area (Å²) in [6.45, 7) is 2.55. The molecule has 0 fully saturated rings. The maximum absolute atomic E-state index is 12.9. The van der Waals surface area contributed by atoms with Crippen molar-refractivity contribution >= 4 is 21.9 Å². The maximum atomic E-state index is 12.9. The molecule has 0 amide bonds. The van der Waals surface area contributed by atoms with Crippen molar-refractivity contribution in [1.82, 2.24) is 0 Å². The zero-order valence-electron chi connectivity index (χ0n) is 12.2. The van der Waals surface area contributed by atoms with Gasteiger partial charge in [0.25, 0.3) is 0 Å². The van der Waals surface area contributed by atoms with Gasteiger partial charge < -0.3 is 18.9 Å². The van der Waals surface area contributed by atoms with Gasteiger partial charge in [0.15, 0.2) is 12.9 Å². The molecule has 1 unspecified atom stereocenters. The van der Waals surface area contributed by atoms with Gasteiger partial charge in [-0.25, -0.2) is 4.79 Å². The lowest BCUT2D eigenvalue weighted by atomic mass is 10.1. The Bertz CT molecular complexity index is 380. The van der Waals surface area contributed by atoms with E-state index in [2.05, 4.69) is 9.47 Å². The van der Waals surface area contributed by atoms with E-state index in [1.807, 2.05) is 0 Å². The Morgan fingerprint density at radius 1 is 1.23 bits per heavy atom. The van der Waals surface area contributed by atoms with Gasteiger partial charge in [0.2, 0.25) is 5.76 Å². The first-order valence-corrected chi connectivity index (χ1v) is 6.93. The Morgan fingerprint density at radius 3 is 2.23 bits per heavy atom. The second kappa shape index (κ2) is 10.0. The number of rotatable bonds is 10. The molecule has 0 aliphatic rings. The molecule has 0 saturated heterocycles. The van der Waals surface area contributed by atoms with Crippen LogP contribution in [0.5, 0.6) is 0 Å². The van der Waals surface area contributed by atoms with Gasteiger partial charge in [-0.3, -0.25) is 0 Å². The van der Waals surface area contributed by atoms with E-state index in [0.717, 1.165) is 0 Å². The number of alkyl halides is 3. The van der Waals surface area contributed by atoms with Crippen LogP contribution < -0.4 is 0 Å². The van der Waals surface area contributed by atoms with E-state index >= 15 is 0 Å². The zero-order valence-corrected chi connectivity index (χ0v) is 13.8. The highest BCUT2D eigenvalue weighted by atomic mass is 79.9. The van der Waals surface area contributed by atoms with E-state index in [-0.39, 0.29) is 13.2 Å². The number of carbonyl (C=O) groups excluding carboxylic acids is 1. The van der Waals surface area contributed by atoms with Crippen molar-refractivity contribution in [3.05, 3.63) is 11.8 Å². The van der Waals surface area contributed by atoms with E-state index < -0.39 is 41.5 Å². The topological polar surface area (TPSA) is 54.0 Å². The molecule has 0 saturated carbocycles. The molecule has 10 heteroatoms. The highest BCUT2D eigenvalue weighted by molar-refractivity contribution is 9.10. The molecule has 22 heavy (non-hydrogen) atoms. The Kier molecular flexibility index (Phi) is 9.61. The van der Waals surface area contributed by atoms with Crippen molar-refractivity contribution in [2.24, 2.45) is 5.92 Å². The van der Waals surface area contributed by atoms with Gasteiger partial charge in [-0.1, -0.05) is 13.8 Å². The van der Waals surface area contributed by atoms with Crippen molar-refractivity contribution in [2.75, 3.05) is 27.1 Å². The standard InChI is InChI=1S/C12H17BrF4O5/c1-7(2)8(22-11(18)12(13,16)17)9(10(14)15)21-6-20-5-4-19-3/h7-8H,4-6H2,1-3H3. The monoisotopic (exact) mass is 396 g/mol. The highest BCUT2D eigenvalue weighted by Gasteiger charge is 2.41. The second-order valence-electron chi connectivity index (χ2n) is 4.36. The van der Waals surface area contributed by atoms with E-state index in [0.29, 0.717) is 0 Å². The highest BCUT2D eigenvalue weighted by Crippen LogP contribution is 2.28. The molecule has 0 aliphatic heterocycles. The number of ether oxygens (including phenoxy) is 4. The predicted molar refractivity (Wildman–Crippen MR) is 71.6 cm³/mol. The van der Waals surface area contributed by atoms with Crippen LogP contribution >= 0.6 is 15.9 Å². The molecule has 5 nitrogen and oxygen atoms in total. The Balaban J connectivity index is 4.85. The molecule has 0 bridgehead atoms. The third-order valence-corrected chi connectivity index (χ3v) is 2.57. The molecule has 1 atom stereocenters. The molecular weight excluding hydrogens is 380 g/mol. The Labute approximate surface area is 133 Å². The first-order chi connectivity index (χ1) is 10.1.